The third kappa shape index (κ3) is 5.24. The van der Waals surface area contributed by atoms with Crippen molar-refractivity contribution >= 4 is 21.9 Å². The minimum atomic E-state index is 0.623. The molecule has 0 amide bonds. The van der Waals surface area contributed by atoms with Crippen molar-refractivity contribution in [1.82, 2.24) is 19.9 Å². The van der Waals surface area contributed by atoms with Gasteiger partial charge in [-0.1, -0.05) is 152 Å². The summed E-state index contributed by atoms with van der Waals surface area (Å²) in [5, 5.41) is 2.16. The fourth-order valence-corrected chi connectivity index (χ4v) is 6.49. The fourth-order valence-electron chi connectivity index (χ4n) is 6.49. The summed E-state index contributed by atoms with van der Waals surface area (Å²) in [5.41, 5.74) is 10.9. The van der Waals surface area contributed by atoms with Crippen molar-refractivity contribution < 1.29 is 4.42 Å². The van der Waals surface area contributed by atoms with Gasteiger partial charge in [-0.25, -0.2) is 15.0 Å². The Morgan fingerprint density at radius 2 is 0.796 bits per heavy atom. The molecule has 0 aliphatic carbocycles. The number of nitrogens with zero attached hydrogens (tertiary/aromatic N) is 4. The van der Waals surface area contributed by atoms with Crippen LogP contribution in [0, 0.1) is 0 Å². The van der Waals surface area contributed by atoms with Crippen LogP contribution in [0.1, 0.15) is 0 Å². The van der Waals surface area contributed by atoms with E-state index < -0.39 is 0 Å². The highest BCUT2D eigenvalue weighted by Gasteiger charge is 2.18. The molecule has 3 aromatic heterocycles. The number of rotatable bonds is 6. The molecular formula is C44H28N4O. The van der Waals surface area contributed by atoms with Crippen LogP contribution in [-0.4, -0.2) is 19.9 Å². The molecule has 5 nitrogen and oxygen atoms in total. The number of pyridine rings is 1. The molecule has 0 bridgehead atoms. The summed E-state index contributed by atoms with van der Waals surface area (Å²) in [5.74, 6) is 1.90. The molecule has 0 fully saturated rings. The van der Waals surface area contributed by atoms with Gasteiger partial charge < -0.3 is 4.42 Å². The minimum Gasteiger partial charge on any atom is -0.455 e. The van der Waals surface area contributed by atoms with Gasteiger partial charge >= 0.3 is 0 Å². The summed E-state index contributed by atoms with van der Waals surface area (Å²) >= 11 is 0. The van der Waals surface area contributed by atoms with Crippen LogP contribution in [-0.2, 0) is 0 Å². The van der Waals surface area contributed by atoms with Crippen LogP contribution < -0.4 is 0 Å². The molecule has 0 saturated carbocycles. The lowest BCUT2D eigenvalue weighted by atomic mass is 9.94. The smallest absolute Gasteiger partial charge is 0.164 e. The van der Waals surface area contributed by atoms with E-state index in [0.717, 1.165) is 72.0 Å². The molecule has 6 aromatic carbocycles. The summed E-state index contributed by atoms with van der Waals surface area (Å²) < 4.78 is 6.81. The molecule has 0 radical (unpaired) electrons. The lowest BCUT2D eigenvalue weighted by Crippen LogP contribution is -2.00. The van der Waals surface area contributed by atoms with Crippen LogP contribution in [0.15, 0.2) is 175 Å². The van der Waals surface area contributed by atoms with Gasteiger partial charge in [-0.05, 0) is 22.8 Å². The molecule has 0 aliphatic rings. The van der Waals surface area contributed by atoms with E-state index in [9.17, 15) is 0 Å². The highest BCUT2D eigenvalue weighted by atomic mass is 16.3. The number of para-hydroxylation sites is 2. The van der Waals surface area contributed by atoms with Gasteiger partial charge in [0, 0.05) is 56.5 Å². The van der Waals surface area contributed by atoms with Gasteiger partial charge in [0.2, 0.25) is 0 Å². The normalized spacial score (nSPS) is 11.3. The van der Waals surface area contributed by atoms with Crippen LogP contribution in [0.3, 0.4) is 0 Å². The van der Waals surface area contributed by atoms with Crippen LogP contribution in [0.4, 0.5) is 0 Å². The van der Waals surface area contributed by atoms with Crippen LogP contribution >= 0.6 is 0 Å². The Kier molecular flexibility index (Phi) is 7.06. The predicted molar refractivity (Wildman–Crippen MR) is 198 cm³/mol. The predicted octanol–water partition coefficient (Wildman–Crippen LogP) is 11.2. The van der Waals surface area contributed by atoms with Crippen molar-refractivity contribution in [3.8, 4) is 67.5 Å². The van der Waals surface area contributed by atoms with E-state index in [1.54, 1.807) is 6.20 Å². The van der Waals surface area contributed by atoms with Gasteiger partial charge in [0.25, 0.3) is 0 Å². The fraction of sp³-hybridized carbons (Fsp3) is 0. The zero-order chi connectivity index (χ0) is 32.6. The quantitative estimate of drug-likeness (QED) is 0.183. The van der Waals surface area contributed by atoms with E-state index in [4.69, 9.17) is 19.4 Å². The molecule has 0 unspecified atom stereocenters. The third-order valence-electron chi connectivity index (χ3n) is 8.87. The first-order chi connectivity index (χ1) is 24.3. The second-order valence-electron chi connectivity index (χ2n) is 11.9. The lowest BCUT2D eigenvalue weighted by molar-refractivity contribution is 0.671. The van der Waals surface area contributed by atoms with E-state index >= 15 is 0 Å². The molecule has 5 heteroatoms. The van der Waals surface area contributed by atoms with Crippen molar-refractivity contribution in [2.45, 2.75) is 0 Å². The summed E-state index contributed by atoms with van der Waals surface area (Å²) in [6, 6.07) is 53.7. The SMILES string of the molecule is c1ccc(-c2nc(-c3ccccc3)nc(-c3ccc(-c4cccc5c4oc4c(-c6ccccc6-c6cccnc6)cccc45)cc3)n2)cc1. The molecule has 9 rings (SSSR count). The molecule has 0 saturated heterocycles. The van der Waals surface area contributed by atoms with Gasteiger partial charge in [0.15, 0.2) is 17.5 Å². The monoisotopic (exact) mass is 628 g/mol. The number of furan rings is 1. The van der Waals surface area contributed by atoms with Crippen LogP contribution in [0.2, 0.25) is 0 Å². The summed E-state index contributed by atoms with van der Waals surface area (Å²) in [4.78, 5) is 19.0. The minimum absolute atomic E-state index is 0.623. The molecule has 3 heterocycles. The number of fused-ring (bicyclic) bond motifs is 3. The van der Waals surface area contributed by atoms with Gasteiger partial charge in [-0.15, -0.1) is 0 Å². The summed E-state index contributed by atoms with van der Waals surface area (Å²) in [6.45, 7) is 0. The number of aromatic nitrogens is 4. The topological polar surface area (TPSA) is 64.7 Å². The van der Waals surface area contributed by atoms with Crippen molar-refractivity contribution in [3.63, 3.8) is 0 Å². The van der Waals surface area contributed by atoms with E-state index in [2.05, 4.69) is 96.0 Å². The maximum atomic E-state index is 6.81. The zero-order valence-electron chi connectivity index (χ0n) is 26.4. The Morgan fingerprint density at radius 3 is 1.39 bits per heavy atom. The molecule has 0 spiro atoms. The Labute approximate surface area is 283 Å². The van der Waals surface area contributed by atoms with Gasteiger partial charge in [-0.2, -0.15) is 0 Å². The molecule has 0 atom stereocenters. The summed E-state index contributed by atoms with van der Waals surface area (Å²) in [6.07, 6.45) is 3.70. The van der Waals surface area contributed by atoms with E-state index in [0.29, 0.717) is 17.5 Å². The largest absolute Gasteiger partial charge is 0.455 e. The lowest BCUT2D eigenvalue weighted by Gasteiger charge is -2.10. The van der Waals surface area contributed by atoms with E-state index in [1.807, 2.05) is 72.9 Å². The van der Waals surface area contributed by atoms with Crippen LogP contribution in [0.5, 0.6) is 0 Å². The van der Waals surface area contributed by atoms with Gasteiger partial charge in [-0.3, -0.25) is 4.98 Å². The first-order valence-electron chi connectivity index (χ1n) is 16.2. The van der Waals surface area contributed by atoms with E-state index in [-0.39, 0.29) is 0 Å². The Morgan fingerprint density at radius 1 is 0.327 bits per heavy atom. The molecule has 230 valence electrons. The number of benzene rings is 6. The van der Waals surface area contributed by atoms with Crippen molar-refractivity contribution in [2.24, 2.45) is 0 Å². The summed E-state index contributed by atoms with van der Waals surface area (Å²) in [7, 11) is 0. The van der Waals surface area contributed by atoms with Crippen molar-refractivity contribution in [1.29, 1.82) is 0 Å². The average molecular weight is 629 g/mol. The molecule has 49 heavy (non-hydrogen) atoms. The van der Waals surface area contributed by atoms with Crippen LogP contribution in [0.25, 0.3) is 89.5 Å². The Bertz CT molecular complexity index is 2520. The van der Waals surface area contributed by atoms with Crippen molar-refractivity contribution in [2.75, 3.05) is 0 Å². The molecule has 9 aromatic rings. The van der Waals surface area contributed by atoms with E-state index in [1.165, 1.54) is 0 Å². The first kappa shape index (κ1) is 28.5. The molecular weight excluding hydrogens is 601 g/mol. The second-order valence-corrected chi connectivity index (χ2v) is 11.9. The Balaban J connectivity index is 1.14. The standard InChI is InChI=1S/C44H28N4O/c1-3-12-30(13-4-1)42-46-43(31-14-5-2-6-15-31)48-44(47-42)32-25-23-29(24-26-32)35-19-9-21-38-39-22-10-20-37(41(39)49-40(35)38)36-18-8-7-17-34(36)33-16-11-27-45-28-33/h1-28H. The maximum Gasteiger partial charge on any atom is 0.164 e. The highest BCUT2D eigenvalue weighted by molar-refractivity contribution is 6.13. The maximum absolute atomic E-state index is 6.81. The number of hydrogen-bond donors (Lipinski definition) is 0. The van der Waals surface area contributed by atoms with Crippen molar-refractivity contribution in [3.05, 3.63) is 170 Å². The molecule has 0 N–H and O–H groups in total. The molecule has 0 aliphatic heterocycles. The first-order valence-corrected chi connectivity index (χ1v) is 16.2. The van der Waals surface area contributed by atoms with Gasteiger partial charge in [0.1, 0.15) is 11.2 Å². The second kappa shape index (κ2) is 12.1. The van der Waals surface area contributed by atoms with Gasteiger partial charge in [0.05, 0.1) is 0 Å². The average Bonchev–Trinajstić information content (AvgIpc) is 3.58. The highest BCUT2D eigenvalue weighted by Crippen LogP contribution is 2.42. The third-order valence-corrected chi connectivity index (χ3v) is 8.87. The Hall–Kier alpha value is -6.72. The number of hydrogen-bond acceptors (Lipinski definition) is 5. The zero-order valence-corrected chi connectivity index (χ0v) is 26.4.